The largest absolute Gasteiger partial charge is 0.250 e. The van der Waals surface area contributed by atoms with Gasteiger partial charge in [0.1, 0.15) is 5.84 Å². The SMILES string of the molecule is C=N/C(C)=N\C=C(C)C. The zero-order chi connectivity index (χ0) is 7.28. The van der Waals surface area contributed by atoms with E-state index in [0.29, 0.717) is 5.84 Å². The monoisotopic (exact) mass is 124 g/mol. The minimum Gasteiger partial charge on any atom is -0.250 e. The van der Waals surface area contributed by atoms with Gasteiger partial charge in [0.05, 0.1) is 0 Å². The van der Waals surface area contributed by atoms with Crippen LogP contribution in [0.4, 0.5) is 0 Å². The Morgan fingerprint density at radius 1 is 1.33 bits per heavy atom. The van der Waals surface area contributed by atoms with Crippen LogP contribution >= 0.6 is 0 Å². The number of hydrogen-bond donors (Lipinski definition) is 0. The second-order valence-electron chi connectivity index (χ2n) is 2.04. The van der Waals surface area contributed by atoms with Crippen molar-refractivity contribution in [3.05, 3.63) is 11.8 Å². The molecule has 0 saturated heterocycles. The third-order valence-electron chi connectivity index (χ3n) is 0.738. The minimum absolute atomic E-state index is 0.705. The predicted molar refractivity (Wildman–Crippen MR) is 42.1 cm³/mol. The molecule has 0 atom stereocenters. The number of nitrogens with zero attached hydrogens (tertiary/aromatic N) is 2. The maximum Gasteiger partial charge on any atom is 0.124 e. The van der Waals surface area contributed by atoms with Crippen LogP contribution in [0.25, 0.3) is 0 Å². The van der Waals surface area contributed by atoms with E-state index in [1.165, 1.54) is 0 Å². The summed E-state index contributed by atoms with van der Waals surface area (Å²) in [6.07, 6.45) is 1.77. The molecule has 0 aromatic heterocycles. The van der Waals surface area contributed by atoms with Gasteiger partial charge in [0, 0.05) is 6.20 Å². The third kappa shape index (κ3) is 4.94. The molecule has 50 valence electrons. The molecule has 0 aromatic carbocycles. The third-order valence-corrected chi connectivity index (χ3v) is 0.738. The van der Waals surface area contributed by atoms with Gasteiger partial charge in [0.25, 0.3) is 0 Å². The summed E-state index contributed by atoms with van der Waals surface area (Å²) in [6, 6.07) is 0. The zero-order valence-corrected chi connectivity index (χ0v) is 6.18. The molecule has 0 radical (unpaired) electrons. The molecule has 0 fully saturated rings. The highest BCUT2D eigenvalue weighted by molar-refractivity contribution is 5.84. The first-order valence-corrected chi connectivity index (χ1v) is 2.81. The lowest BCUT2D eigenvalue weighted by atomic mass is 10.4. The van der Waals surface area contributed by atoms with E-state index in [4.69, 9.17) is 0 Å². The fourth-order valence-corrected chi connectivity index (χ4v) is 0.263. The molecule has 0 spiro atoms. The van der Waals surface area contributed by atoms with Crippen LogP contribution in [0, 0.1) is 0 Å². The fraction of sp³-hybridized carbons (Fsp3) is 0.429. The van der Waals surface area contributed by atoms with Crippen molar-refractivity contribution < 1.29 is 0 Å². The van der Waals surface area contributed by atoms with E-state index < -0.39 is 0 Å². The maximum absolute atomic E-state index is 3.97. The zero-order valence-electron chi connectivity index (χ0n) is 6.18. The van der Waals surface area contributed by atoms with E-state index in [1.807, 2.05) is 20.8 Å². The highest BCUT2D eigenvalue weighted by atomic mass is 14.9. The minimum atomic E-state index is 0.705. The maximum atomic E-state index is 3.97. The van der Waals surface area contributed by atoms with Crippen molar-refractivity contribution in [2.45, 2.75) is 20.8 Å². The Morgan fingerprint density at radius 3 is 2.22 bits per heavy atom. The van der Waals surface area contributed by atoms with Crippen LogP contribution in [0.1, 0.15) is 20.8 Å². The van der Waals surface area contributed by atoms with Crippen LogP contribution in [-0.4, -0.2) is 12.6 Å². The molecule has 9 heavy (non-hydrogen) atoms. The highest BCUT2D eigenvalue weighted by Crippen LogP contribution is 1.89. The summed E-state index contributed by atoms with van der Waals surface area (Å²) in [5.41, 5.74) is 1.16. The van der Waals surface area contributed by atoms with Crippen molar-refractivity contribution in [1.82, 2.24) is 0 Å². The molecule has 0 saturated carbocycles. The van der Waals surface area contributed by atoms with Gasteiger partial charge in [-0.25, -0.2) is 9.98 Å². The number of rotatable bonds is 1. The Bertz CT molecular complexity index is 150. The van der Waals surface area contributed by atoms with Crippen molar-refractivity contribution in [2.24, 2.45) is 9.98 Å². The van der Waals surface area contributed by atoms with Gasteiger partial charge >= 0.3 is 0 Å². The average molecular weight is 124 g/mol. The van der Waals surface area contributed by atoms with Crippen LogP contribution in [0.3, 0.4) is 0 Å². The Balaban J connectivity index is 3.98. The summed E-state index contributed by atoms with van der Waals surface area (Å²) in [5, 5.41) is 0. The van der Waals surface area contributed by atoms with Crippen molar-refractivity contribution in [2.75, 3.05) is 0 Å². The average Bonchev–Trinajstić information content (AvgIpc) is 1.83. The Hall–Kier alpha value is -0.920. The molecule has 0 bridgehead atoms. The van der Waals surface area contributed by atoms with Gasteiger partial charge in [-0.3, -0.25) is 0 Å². The number of aliphatic imine (C=N–C) groups is 2. The van der Waals surface area contributed by atoms with Crippen molar-refractivity contribution in [3.8, 4) is 0 Å². The summed E-state index contributed by atoms with van der Waals surface area (Å²) >= 11 is 0. The first-order chi connectivity index (χ1) is 4.16. The number of hydrogen-bond acceptors (Lipinski definition) is 1. The molecular weight excluding hydrogens is 112 g/mol. The summed E-state index contributed by atoms with van der Waals surface area (Å²) in [5.74, 6) is 0.705. The van der Waals surface area contributed by atoms with E-state index >= 15 is 0 Å². The fourth-order valence-electron chi connectivity index (χ4n) is 0.263. The molecular formula is C7H12N2. The predicted octanol–water partition coefficient (Wildman–Crippen LogP) is 2.03. The van der Waals surface area contributed by atoms with Gasteiger partial charge in [-0.1, -0.05) is 5.57 Å². The van der Waals surface area contributed by atoms with Crippen LogP contribution in [0.5, 0.6) is 0 Å². The Kier molecular flexibility index (Phi) is 3.60. The van der Waals surface area contributed by atoms with Gasteiger partial charge < -0.3 is 0 Å². The van der Waals surface area contributed by atoms with E-state index in [9.17, 15) is 0 Å². The molecule has 2 heteroatoms. The molecule has 0 unspecified atom stereocenters. The molecule has 0 aromatic rings. The molecule has 0 N–H and O–H groups in total. The van der Waals surface area contributed by atoms with Crippen molar-refractivity contribution in [3.63, 3.8) is 0 Å². The normalized spacial score (nSPS) is 10.8. The molecule has 0 heterocycles. The lowest BCUT2D eigenvalue weighted by Gasteiger charge is -1.85. The highest BCUT2D eigenvalue weighted by Gasteiger charge is 1.76. The Labute approximate surface area is 56.0 Å². The molecule has 0 rings (SSSR count). The Morgan fingerprint density at radius 2 is 1.89 bits per heavy atom. The van der Waals surface area contributed by atoms with E-state index in [1.54, 1.807) is 6.20 Å². The first kappa shape index (κ1) is 8.08. The molecule has 2 nitrogen and oxygen atoms in total. The van der Waals surface area contributed by atoms with Crippen LogP contribution in [0.2, 0.25) is 0 Å². The number of amidine groups is 1. The van der Waals surface area contributed by atoms with Gasteiger partial charge in [-0.2, -0.15) is 0 Å². The van der Waals surface area contributed by atoms with E-state index in [2.05, 4.69) is 16.7 Å². The van der Waals surface area contributed by atoms with Crippen LogP contribution in [-0.2, 0) is 0 Å². The van der Waals surface area contributed by atoms with Gasteiger partial charge in [-0.15, -0.1) is 0 Å². The second-order valence-corrected chi connectivity index (χ2v) is 2.04. The van der Waals surface area contributed by atoms with E-state index in [-0.39, 0.29) is 0 Å². The molecule has 0 aliphatic carbocycles. The molecule has 0 amide bonds. The molecule has 0 aliphatic heterocycles. The summed E-state index contributed by atoms with van der Waals surface area (Å²) in [4.78, 5) is 7.58. The van der Waals surface area contributed by atoms with Crippen LogP contribution in [0.15, 0.2) is 21.8 Å². The van der Waals surface area contributed by atoms with Crippen molar-refractivity contribution in [1.29, 1.82) is 0 Å². The topological polar surface area (TPSA) is 24.7 Å². The summed E-state index contributed by atoms with van der Waals surface area (Å²) < 4.78 is 0. The summed E-state index contributed by atoms with van der Waals surface area (Å²) in [6.45, 7) is 9.11. The first-order valence-electron chi connectivity index (χ1n) is 2.81. The molecule has 0 aliphatic rings. The van der Waals surface area contributed by atoms with Crippen molar-refractivity contribution >= 4 is 12.6 Å². The smallest absolute Gasteiger partial charge is 0.124 e. The van der Waals surface area contributed by atoms with Gasteiger partial charge in [-0.05, 0) is 27.5 Å². The second kappa shape index (κ2) is 4.01. The lowest BCUT2D eigenvalue weighted by Crippen LogP contribution is -1.79. The standard InChI is InChI=1S/C7H12N2/c1-6(2)5-9-7(3)8-4/h5H,4H2,1-3H3/b9-7-. The van der Waals surface area contributed by atoms with Crippen LogP contribution < -0.4 is 0 Å². The lowest BCUT2D eigenvalue weighted by molar-refractivity contribution is 1.32. The van der Waals surface area contributed by atoms with Gasteiger partial charge in [0.15, 0.2) is 0 Å². The van der Waals surface area contributed by atoms with E-state index in [0.717, 1.165) is 5.57 Å². The number of allylic oxidation sites excluding steroid dienone is 1. The quantitative estimate of drug-likeness (QED) is 0.377. The van der Waals surface area contributed by atoms with Gasteiger partial charge in [0.2, 0.25) is 0 Å². The summed E-state index contributed by atoms with van der Waals surface area (Å²) in [7, 11) is 0.